The van der Waals surface area contributed by atoms with Gasteiger partial charge in [0.2, 0.25) is 0 Å². The number of hydrogen-bond donors (Lipinski definition) is 2. The molecule has 0 aliphatic heterocycles. The zero-order chi connectivity index (χ0) is 11.4. The smallest absolute Gasteiger partial charge is 0.0922 e. The van der Waals surface area contributed by atoms with Crippen molar-refractivity contribution in [2.45, 2.75) is 26.4 Å². The van der Waals surface area contributed by atoms with Crippen molar-refractivity contribution in [2.75, 3.05) is 0 Å². The molecular weight excluding hydrogens is 198 g/mol. The summed E-state index contributed by atoms with van der Waals surface area (Å²) in [7, 11) is 0. The minimum atomic E-state index is 0.350. The SMILES string of the molecule is Cc1cccc([C@@H](C)NCc2cnc[nH]2)c1. The van der Waals surface area contributed by atoms with Gasteiger partial charge in [0.25, 0.3) is 0 Å². The first-order valence-corrected chi connectivity index (χ1v) is 5.53. The maximum absolute atomic E-state index is 3.99. The molecule has 1 heterocycles. The molecular formula is C13H17N3. The predicted molar refractivity (Wildman–Crippen MR) is 65.0 cm³/mol. The molecule has 0 amide bonds. The number of nitrogens with zero attached hydrogens (tertiary/aromatic N) is 1. The molecule has 1 atom stereocenters. The maximum atomic E-state index is 3.99. The lowest BCUT2D eigenvalue weighted by atomic mass is 10.1. The van der Waals surface area contributed by atoms with Crippen LogP contribution in [0.25, 0.3) is 0 Å². The van der Waals surface area contributed by atoms with Crippen molar-refractivity contribution in [1.29, 1.82) is 0 Å². The van der Waals surface area contributed by atoms with Crippen LogP contribution in [0.1, 0.15) is 29.8 Å². The van der Waals surface area contributed by atoms with Gasteiger partial charge in [0.05, 0.1) is 6.33 Å². The summed E-state index contributed by atoms with van der Waals surface area (Å²) in [5.74, 6) is 0. The van der Waals surface area contributed by atoms with Crippen LogP contribution in [0.4, 0.5) is 0 Å². The summed E-state index contributed by atoms with van der Waals surface area (Å²) in [5, 5.41) is 3.46. The van der Waals surface area contributed by atoms with E-state index in [4.69, 9.17) is 0 Å². The molecule has 0 bridgehead atoms. The van der Waals surface area contributed by atoms with Crippen LogP contribution in [0.5, 0.6) is 0 Å². The number of aromatic amines is 1. The number of imidazole rings is 1. The molecule has 0 aliphatic carbocycles. The van der Waals surface area contributed by atoms with Crippen molar-refractivity contribution in [3.05, 3.63) is 53.6 Å². The monoisotopic (exact) mass is 215 g/mol. The van der Waals surface area contributed by atoms with Crippen LogP contribution in [0.3, 0.4) is 0 Å². The van der Waals surface area contributed by atoms with Crippen molar-refractivity contribution < 1.29 is 0 Å². The Kier molecular flexibility index (Phi) is 3.37. The molecule has 0 fully saturated rings. The molecule has 3 heteroatoms. The van der Waals surface area contributed by atoms with Crippen molar-refractivity contribution in [3.8, 4) is 0 Å². The van der Waals surface area contributed by atoms with Gasteiger partial charge < -0.3 is 10.3 Å². The van der Waals surface area contributed by atoms with E-state index in [1.54, 1.807) is 6.33 Å². The fraction of sp³-hybridized carbons (Fsp3) is 0.308. The zero-order valence-electron chi connectivity index (χ0n) is 9.70. The quantitative estimate of drug-likeness (QED) is 0.823. The van der Waals surface area contributed by atoms with Crippen molar-refractivity contribution in [1.82, 2.24) is 15.3 Å². The number of rotatable bonds is 4. The summed E-state index contributed by atoms with van der Waals surface area (Å²) >= 11 is 0. The topological polar surface area (TPSA) is 40.7 Å². The van der Waals surface area contributed by atoms with E-state index in [-0.39, 0.29) is 0 Å². The van der Waals surface area contributed by atoms with E-state index in [0.29, 0.717) is 6.04 Å². The molecule has 0 unspecified atom stereocenters. The van der Waals surface area contributed by atoms with Gasteiger partial charge in [0, 0.05) is 24.5 Å². The van der Waals surface area contributed by atoms with Gasteiger partial charge in [-0.05, 0) is 19.4 Å². The first-order chi connectivity index (χ1) is 7.75. The summed E-state index contributed by atoms with van der Waals surface area (Å²) in [4.78, 5) is 7.07. The molecule has 2 rings (SSSR count). The molecule has 0 saturated carbocycles. The molecule has 1 aromatic heterocycles. The molecule has 2 aromatic rings. The van der Waals surface area contributed by atoms with Crippen molar-refractivity contribution in [2.24, 2.45) is 0 Å². The molecule has 0 saturated heterocycles. The highest BCUT2D eigenvalue weighted by atomic mass is 14.9. The first kappa shape index (κ1) is 10.9. The molecule has 16 heavy (non-hydrogen) atoms. The summed E-state index contributed by atoms with van der Waals surface area (Å²) in [6, 6.07) is 8.93. The largest absolute Gasteiger partial charge is 0.347 e. The Bertz CT molecular complexity index is 434. The molecule has 0 spiro atoms. The lowest BCUT2D eigenvalue weighted by Gasteiger charge is -2.14. The zero-order valence-corrected chi connectivity index (χ0v) is 9.70. The lowest BCUT2D eigenvalue weighted by molar-refractivity contribution is 0.568. The Hall–Kier alpha value is -1.61. The van der Waals surface area contributed by atoms with Crippen LogP contribution in [-0.2, 0) is 6.54 Å². The normalized spacial score (nSPS) is 12.6. The second kappa shape index (κ2) is 4.94. The van der Waals surface area contributed by atoms with E-state index in [1.165, 1.54) is 11.1 Å². The molecule has 1 aromatic carbocycles. The summed E-state index contributed by atoms with van der Waals surface area (Å²) in [6.07, 6.45) is 3.55. The van der Waals surface area contributed by atoms with Gasteiger partial charge in [-0.25, -0.2) is 4.98 Å². The highest BCUT2D eigenvalue weighted by Crippen LogP contribution is 2.13. The van der Waals surface area contributed by atoms with Gasteiger partial charge in [-0.2, -0.15) is 0 Å². The van der Waals surface area contributed by atoms with Gasteiger partial charge in [-0.15, -0.1) is 0 Å². The number of aryl methyl sites for hydroxylation is 1. The van der Waals surface area contributed by atoms with Crippen molar-refractivity contribution in [3.63, 3.8) is 0 Å². The van der Waals surface area contributed by atoms with E-state index in [1.807, 2.05) is 6.20 Å². The fourth-order valence-electron chi connectivity index (χ4n) is 1.70. The van der Waals surface area contributed by atoms with Gasteiger partial charge in [0.1, 0.15) is 0 Å². The van der Waals surface area contributed by atoms with Crippen LogP contribution < -0.4 is 5.32 Å². The van der Waals surface area contributed by atoms with E-state index in [2.05, 4.69) is 53.4 Å². The first-order valence-electron chi connectivity index (χ1n) is 5.53. The highest BCUT2D eigenvalue weighted by Gasteiger charge is 2.04. The van der Waals surface area contributed by atoms with Gasteiger partial charge >= 0.3 is 0 Å². The van der Waals surface area contributed by atoms with E-state index in [9.17, 15) is 0 Å². The molecule has 2 N–H and O–H groups in total. The lowest BCUT2D eigenvalue weighted by Crippen LogP contribution is -2.18. The fourth-order valence-corrected chi connectivity index (χ4v) is 1.70. The molecule has 0 radical (unpaired) electrons. The van der Waals surface area contributed by atoms with Crippen LogP contribution >= 0.6 is 0 Å². The Morgan fingerprint density at radius 2 is 2.31 bits per heavy atom. The van der Waals surface area contributed by atoms with Crippen LogP contribution in [-0.4, -0.2) is 9.97 Å². The van der Waals surface area contributed by atoms with Gasteiger partial charge in [-0.3, -0.25) is 0 Å². The Morgan fingerprint density at radius 1 is 1.44 bits per heavy atom. The third-order valence-electron chi connectivity index (χ3n) is 2.70. The Balaban J connectivity index is 1.95. The Morgan fingerprint density at radius 3 is 3.00 bits per heavy atom. The van der Waals surface area contributed by atoms with E-state index >= 15 is 0 Å². The Labute approximate surface area is 95.9 Å². The van der Waals surface area contributed by atoms with E-state index < -0.39 is 0 Å². The standard InChI is InChI=1S/C13H17N3/c1-10-4-3-5-12(6-10)11(2)15-8-13-7-14-9-16-13/h3-7,9,11,15H,8H2,1-2H3,(H,14,16)/t11-/m1/s1. The maximum Gasteiger partial charge on any atom is 0.0922 e. The molecule has 0 aliphatic rings. The number of nitrogens with one attached hydrogen (secondary N) is 2. The average Bonchev–Trinajstić information content (AvgIpc) is 2.78. The minimum absolute atomic E-state index is 0.350. The van der Waals surface area contributed by atoms with Crippen LogP contribution in [0, 0.1) is 6.92 Å². The number of H-pyrrole nitrogens is 1. The van der Waals surface area contributed by atoms with Gasteiger partial charge in [-0.1, -0.05) is 29.8 Å². The molecule has 84 valence electrons. The summed E-state index contributed by atoms with van der Waals surface area (Å²) in [6.45, 7) is 5.10. The van der Waals surface area contributed by atoms with Crippen LogP contribution in [0.2, 0.25) is 0 Å². The number of benzene rings is 1. The summed E-state index contributed by atoms with van der Waals surface area (Å²) < 4.78 is 0. The van der Waals surface area contributed by atoms with Crippen LogP contribution in [0.15, 0.2) is 36.8 Å². The highest BCUT2D eigenvalue weighted by molar-refractivity contribution is 5.24. The van der Waals surface area contributed by atoms with E-state index in [0.717, 1.165) is 12.2 Å². The molecule has 3 nitrogen and oxygen atoms in total. The third kappa shape index (κ3) is 2.70. The number of hydrogen-bond acceptors (Lipinski definition) is 2. The predicted octanol–water partition coefficient (Wildman–Crippen LogP) is 2.57. The van der Waals surface area contributed by atoms with Gasteiger partial charge in [0.15, 0.2) is 0 Å². The third-order valence-corrected chi connectivity index (χ3v) is 2.70. The van der Waals surface area contributed by atoms with Crippen molar-refractivity contribution >= 4 is 0 Å². The second-order valence-corrected chi connectivity index (χ2v) is 4.09. The minimum Gasteiger partial charge on any atom is -0.347 e. The average molecular weight is 215 g/mol. The number of aromatic nitrogens is 2. The second-order valence-electron chi connectivity index (χ2n) is 4.09. The summed E-state index contributed by atoms with van der Waals surface area (Å²) in [5.41, 5.74) is 3.73.